The van der Waals surface area contributed by atoms with Crippen LogP contribution in [0.5, 0.6) is 0 Å². The first-order valence-electron chi connectivity index (χ1n) is 6.70. The number of likely N-dealkylation sites (N-methyl/N-ethyl adjacent to an activating group) is 1. The molecule has 9 heteroatoms. The summed E-state index contributed by atoms with van der Waals surface area (Å²) in [7, 11) is 1.49. The van der Waals surface area contributed by atoms with Gasteiger partial charge in [0, 0.05) is 19.3 Å². The summed E-state index contributed by atoms with van der Waals surface area (Å²) >= 11 is 1.42. The van der Waals surface area contributed by atoms with E-state index in [2.05, 4.69) is 5.32 Å². The number of nitrogens with one attached hydrogen (secondary N) is 1. The lowest BCUT2D eigenvalue weighted by molar-refractivity contribution is -0.141. The number of amides is 3. The SMILES string of the molecule is CNC(=O)C1COCCN1C(=O)N1C(C)SCC1C(=O)O. The van der Waals surface area contributed by atoms with Gasteiger partial charge in [-0.2, -0.15) is 0 Å². The predicted molar refractivity (Wildman–Crippen MR) is 76.0 cm³/mol. The highest BCUT2D eigenvalue weighted by Gasteiger charge is 2.44. The first-order valence-corrected chi connectivity index (χ1v) is 7.75. The number of urea groups is 1. The molecule has 0 saturated carbocycles. The number of aliphatic carboxylic acids is 1. The molecule has 2 saturated heterocycles. The molecule has 0 radical (unpaired) electrons. The molecule has 2 rings (SSSR count). The molecule has 0 spiro atoms. The first-order chi connectivity index (χ1) is 9.97. The highest BCUT2D eigenvalue weighted by Crippen LogP contribution is 2.30. The molecule has 2 heterocycles. The number of thioether (sulfide) groups is 1. The second kappa shape index (κ2) is 6.52. The first kappa shape index (κ1) is 15.9. The van der Waals surface area contributed by atoms with Crippen LogP contribution in [-0.2, 0) is 14.3 Å². The van der Waals surface area contributed by atoms with Crippen LogP contribution in [0, 0.1) is 0 Å². The molecule has 0 bridgehead atoms. The lowest BCUT2D eigenvalue weighted by Crippen LogP contribution is -2.60. The van der Waals surface area contributed by atoms with E-state index in [0.29, 0.717) is 12.4 Å². The third kappa shape index (κ3) is 3.08. The zero-order valence-corrected chi connectivity index (χ0v) is 12.8. The van der Waals surface area contributed by atoms with Crippen LogP contribution in [0.1, 0.15) is 6.92 Å². The third-order valence-electron chi connectivity index (χ3n) is 3.65. The maximum atomic E-state index is 12.7. The molecule has 0 aromatic carbocycles. The number of nitrogens with zero attached hydrogens (tertiary/aromatic N) is 2. The zero-order valence-electron chi connectivity index (χ0n) is 11.9. The van der Waals surface area contributed by atoms with Crippen molar-refractivity contribution in [2.45, 2.75) is 24.4 Å². The van der Waals surface area contributed by atoms with Gasteiger partial charge in [0.25, 0.3) is 0 Å². The second-order valence-corrected chi connectivity index (χ2v) is 6.22. The Labute approximate surface area is 126 Å². The van der Waals surface area contributed by atoms with Crippen LogP contribution in [0.4, 0.5) is 4.79 Å². The van der Waals surface area contributed by atoms with E-state index in [1.54, 1.807) is 6.92 Å². The second-order valence-electron chi connectivity index (χ2n) is 4.87. The summed E-state index contributed by atoms with van der Waals surface area (Å²) in [5, 5.41) is 11.5. The molecule has 0 aromatic heterocycles. The third-order valence-corrected chi connectivity index (χ3v) is 4.87. The molecule has 2 fully saturated rings. The molecule has 3 atom stereocenters. The van der Waals surface area contributed by atoms with Gasteiger partial charge in [-0.3, -0.25) is 9.69 Å². The number of rotatable bonds is 2. The quantitative estimate of drug-likeness (QED) is 0.706. The smallest absolute Gasteiger partial charge is 0.327 e. The van der Waals surface area contributed by atoms with E-state index in [1.165, 1.54) is 28.6 Å². The summed E-state index contributed by atoms with van der Waals surface area (Å²) in [5.41, 5.74) is 0. The summed E-state index contributed by atoms with van der Waals surface area (Å²) in [6, 6.07) is -1.99. The van der Waals surface area contributed by atoms with E-state index in [0.717, 1.165) is 0 Å². The minimum absolute atomic E-state index is 0.124. The van der Waals surface area contributed by atoms with E-state index in [1.807, 2.05) is 0 Å². The Morgan fingerprint density at radius 3 is 2.67 bits per heavy atom. The summed E-state index contributed by atoms with van der Waals surface area (Å²) in [6.45, 7) is 2.53. The molecule has 2 aliphatic rings. The number of morpholine rings is 1. The van der Waals surface area contributed by atoms with E-state index < -0.39 is 24.1 Å². The fourth-order valence-corrected chi connectivity index (χ4v) is 3.65. The molecule has 0 aromatic rings. The Bertz CT molecular complexity index is 447. The normalized spacial score (nSPS) is 29.3. The van der Waals surface area contributed by atoms with Crippen molar-refractivity contribution in [1.29, 1.82) is 0 Å². The molecule has 2 aliphatic heterocycles. The van der Waals surface area contributed by atoms with Crippen molar-refractivity contribution < 1.29 is 24.2 Å². The summed E-state index contributed by atoms with van der Waals surface area (Å²) in [5.74, 6) is -0.976. The topological polar surface area (TPSA) is 99.2 Å². The number of carboxylic acids is 1. The molecule has 3 amide bonds. The minimum atomic E-state index is -1.02. The van der Waals surface area contributed by atoms with Gasteiger partial charge in [0.15, 0.2) is 0 Å². The van der Waals surface area contributed by atoms with Crippen LogP contribution in [0.3, 0.4) is 0 Å². The van der Waals surface area contributed by atoms with Crippen molar-refractivity contribution in [3.63, 3.8) is 0 Å². The molecule has 118 valence electrons. The Balaban J connectivity index is 2.19. The fourth-order valence-electron chi connectivity index (χ4n) is 2.49. The summed E-state index contributed by atoms with van der Waals surface area (Å²) in [4.78, 5) is 38.6. The summed E-state index contributed by atoms with van der Waals surface area (Å²) in [6.07, 6.45) is 0. The number of ether oxygens (including phenoxy) is 1. The standard InChI is InChI=1S/C12H19N3O5S/c1-7-15(9(6-21-7)11(17)18)12(19)14-3-4-20-5-8(14)10(16)13-2/h7-9H,3-6H2,1-2H3,(H,13,16)(H,17,18). The van der Waals surface area contributed by atoms with E-state index in [9.17, 15) is 19.5 Å². The van der Waals surface area contributed by atoms with Crippen molar-refractivity contribution in [2.24, 2.45) is 0 Å². The molecular weight excluding hydrogens is 298 g/mol. The average molecular weight is 317 g/mol. The predicted octanol–water partition coefficient (Wildman–Crippen LogP) is -0.599. The molecule has 21 heavy (non-hydrogen) atoms. The van der Waals surface area contributed by atoms with Gasteiger partial charge < -0.3 is 20.1 Å². The number of hydrogen-bond donors (Lipinski definition) is 2. The van der Waals surface area contributed by atoms with Crippen molar-refractivity contribution in [1.82, 2.24) is 15.1 Å². The van der Waals surface area contributed by atoms with E-state index >= 15 is 0 Å². The van der Waals surface area contributed by atoms with Gasteiger partial charge in [-0.25, -0.2) is 9.59 Å². The number of carbonyl (C=O) groups excluding carboxylic acids is 2. The van der Waals surface area contributed by atoms with Crippen LogP contribution in [0.2, 0.25) is 0 Å². The van der Waals surface area contributed by atoms with Crippen LogP contribution < -0.4 is 5.32 Å². The lowest BCUT2D eigenvalue weighted by atomic mass is 10.2. The molecule has 2 N–H and O–H groups in total. The van der Waals surface area contributed by atoms with Crippen molar-refractivity contribution in [2.75, 3.05) is 32.6 Å². The van der Waals surface area contributed by atoms with Crippen molar-refractivity contribution >= 4 is 29.7 Å². The number of hydrogen-bond acceptors (Lipinski definition) is 5. The largest absolute Gasteiger partial charge is 0.480 e. The molecular formula is C12H19N3O5S. The van der Waals surface area contributed by atoms with Gasteiger partial charge in [-0.1, -0.05) is 0 Å². The maximum Gasteiger partial charge on any atom is 0.327 e. The van der Waals surface area contributed by atoms with Gasteiger partial charge in [0.05, 0.1) is 18.6 Å². The number of carbonyl (C=O) groups is 3. The maximum absolute atomic E-state index is 12.7. The summed E-state index contributed by atoms with van der Waals surface area (Å²) < 4.78 is 5.25. The van der Waals surface area contributed by atoms with E-state index in [4.69, 9.17) is 4.74 Å². The average Bonchev–Trinajstić information content (AvgIpc) is 2.87. The van der Waals surface area contributed by atoms with Crippen LogP contribution in [0.15, 0.2) is 0 Å². The Kier molecular flexibility index (Phi) is 4.94. The van der Waals surface area contributed by atoms with Crippen molar-refractivity contribution in [3.05, 3.63) is 0 Å². The van der Waals surface area contributed by atoms with E-state index in [-0.39, 0.29) is 24.4 Å². The van der Waals surface area contributed by atoms with Gasteiger partial charge >= 0.3 is 12.0 Å². The fraction of sp³-hybridized carbons (Fsp3) is 0.750. The molecule has 0 aliphatic carbocycles. The highest BCUT2D eigenvalue weighted by molar-refractivity contribution is 8.00. The van der Waals surface area contributed by atoms with Gasteiger partial charge in [-0.15, -0.1) is 11.8 Å². The number of carboxylic acid groups (broad SMARTS) is 1. The van der Waals surface area contributed by atoms with Crippen LogP contribution >= 0.6 is 11.8 Å². The Morgan fingerprint density at radius 2 is 2.05 bits per heavy atom. The lowest BCUT2D eigenvalue weighted by Gasteiger charge is -2.38. The minimum Gasteiger partial charge on any atom is -0.480 e. The molecule has 8 nitrogen and oxygen atoms in total. The van der Waals surface area contributed by atoms with Crippen LogP contribution in [-0.4, -0.2) is 82.8 Å². The van der Waals surface area contributed by atoms with Gasteiger partial charge in [0.1, 0.15) is 12.1 Å². The molecule has 3 unspecified atom stereocenters. The monoisotopic (exact) mass is 317 g/mol. The van der Waals surface area contributed by atoms with Crippen LogP contribution in [0.25, 0.3) is 0 Å². The Hall–Kier alpha value is -1.48. The Morgan fingerprint density at radius 1 is 1.33 bits per heavy atom. The zero-order chi connectivity index (χ0) is 15.6. The van der Waals surface area contributed by atoms with Gasteiger partial charge in [0.2, 0.25) is 5.91 Å². The highest BCUT2D eigenvalue weighted by atomic mass is 32.2. The van der Waals surface area contributed by atoms with Crippen molar-refractivity contribution in [3.8, 4) is 0 Å². The van der Waals surface area contributed by atoms with Gasteiger partial charge in [-0.05, 0) is 6.92 Å².